The first-order valence-electron chi connectivity index (χ1n) is 16.8. The minimum absolute atomic E-state index is 0.173. The molecule has 0 aliphatic heterocycles. The summed E-state index contributed by atoms with van der Waals surface area (Å²) < 4.78 is 9.28. The van der Waals surface area contributed by atoms with E-state index in [1.807, 2.05) is 11.3 Å². The Kier molecular flexibility index (Phi) is 7.02. The van der Waals surface area contributed by atoms with Crippen LogP contribution in [0.15, 0.2) is 156 Å². The Morgan fingerprint density at radius 1 is 0.604 bits per heavy atom. The Hall–Kier alpha value is -5.38. The van der Waals surface area contributed by atoms with Gasteiger partial charge in [-0.1, -0.05) is 90.5 Å². The van der Waals surface area contributed by atoms with Gasteiger partial charge in [-0.3, -0.25) is 0 Å². The highest BCUT2D eigenvalue weighted by Crippen LogP contribution is 2.44. The van der Waals surface area contributed by atoms with Crippen LogP contribution in [-0.4, -0.2) is 0 Å². The van der Waals surface area contributed by atoms with E-state index in [9.17, 15) is 0 Å². The van der Waals surface area contributed by atoms with E-state index in [4.69, 9.17) is 4.42 Å². The van der Waals surface area contributed by atoms with Gasteiger partial charge >= 0.3 is 0 Å². The third kappa shape index (κ3) is 4.94. The fourth-order valence-corrected chi connectivity index (χ4v) is 8.66. The van der Waals surface area contributed by atoms with Crippen LogP contribution in [0.2, 0.25) is 0 Å². The predicted octanol–water partition coefficient (Wildman–Crippen LogP) is 13.4. The molecule has 1 aliphatic rings. The summed E-state index contributed by atoms with van der Waals surface area (Å²) in [5.41, 5.74) is 11.6. The van der Waals surface area contributed by atoms with Gasteiger partial charge in [0.25, 0.3) is 0 Å². The summed E-state index contributed by atoms with van der Waals surface area (Å²) in [5.74, 6) is 0.173. The Labute approximate surface area is 284 Å². The number of rotatable bonds is 6. The lowest BCUT2D eigenvalue weighted by atomic mass is 9.82. The molecule has 1 atom stereocenters. The quantitative estimate of drug-likeness (QED) is 0.180. The van der Waals surface area contributed by atoms with E-state index in [0.29, 0.717) is 0 Å². The highest BCUT2D eigenvalue weighted by Gasteiger charge is 2.22. The largest absolute Gasteiger partial charge is 0.456 e. The van der Waals surface area contributed by atoms with Crippen LogP contribution < -0.4 is 4.90 Å². The van der Waals surface area contributed by atoms with E-state index in [0.717, 1.165) is 41.1 Å². The molecule has 0 fully saturated rings. The number of hydrogen-bond acceptors (Lipinski definition) is 3. The molecule has 0 N–H and O–H groups in total. The van der Waals surface area contributed by atoms with Crippen LogP contribution in [0.3, 0.4) is 0 Å². The molecule has 8 aromatic rings. The molecule has 2 heterocycles. The van der Waals surface area contributed by atoms with Crippen molar-refractivity contribution >= 4 is 70.5 Å². The lowest BCUT2D eigenvalue weighted by Gasteiger charge is -2.26. The van der Waals surface area contributed by atoms with E-state index in [1.54, 1.807) is 0 Å². The molecule has 2 nitrogen and oxygen atoms in total. The van der Waals surface area contributed by atoms with E-state index in [1.165, 1.54) is 58.8 Å². The van der Waals surface area contributed by atoms with Crippen LogP contribution >= 0.6 is 11.3 Å². The number of para-hydroxylation sites is 1. The van der Waals surface area contributed by atoms with Crippen molar-refractivity contribution in [1.82, 2.24) is 0 Å². The predicted molar refractivity (Wildman–Crippen MR) is 206 cm³/mol. The first-order chi connectivity index (χ1) is 23.6. The van der Waals surface area contributed by atoms with Crippen LogP contribution in [0.5, 0.6) is 0 Å². The van der Waals surface area contributed by atoms with Crippen molar-refractivity contribution in [3.8, 4) is 0 Å². The fraction of sp³-hybridized carbons (Fsp3) is 0.111. The minimum Gasteiger partial charge on any atom is -0.456 e. The molecular formula is C45H35NOS. The molecule has 0 radical (unpaired) electrons. The van der Waals surface area contributed by atoms with Crippen molar-refractivity contribution in [3.63, 3.8) is 0 Å². The number of aryl methyl sites for hydroxylation is 2. The van der Waals surface area contributed by atoms with Gasteiger partial charge in [0.15, 0.2) is 0 Å². The average Bonchev–Trinajstić information content (AvgIpc) is 3.68. The van der Waals surface area contributed by atoms with Crippen molar-refractivity contribution in [2.24, 2.45) is 0 Å². The first kappa shape index (κ1) is 28.8. The van der Waals surface area contributed by atoms with E-state index in [-0.39, 0.29) is 5.92 Å². The molecule has 9 rings (SSSR count). The van der Waals surface area contributed by atoms with Crippen molar-refractivity contribution < 1.29 is 4.42 Å². The highest BCUT2D eigenvalue weighted by atomic mass is 32.1. The molecule has 0 spiro atoms. The summed E-state index contributed by atoms with van der Waals surface area (Å²) in [6.45, 7) is 4.40. The smallest absolute Gasteiger partial charge is 0.137 e. The zero-order valence-corrected chi connectivity index (χ0v) is 27.9. The van der Waals surface area contributed by atoms with E-state index < -0.39 is 0 Å². The number of hydrogen-bond donors (Lipinski definition) is 0. The minimum atomic E-state index is 0.173. The number of allylic oxidation sites excluding steroid dienone is 4. The van der Waals surface area contributed by atoms with Crippen molar-refractivity contribution in [2.75, 3.05) is 4.90 Å². The second-order valence-electron chi connectivity index (χ2n) is 13.0. The first-order valence-corrected chi connectivity index (χ1v) is 17.6. The molecule has 48 heavy (non-hydrogen) atoms. The molecule has 0 saturated carbocycles. The van der Waals surface area contributed by atoms with Gasteiger partial charge in [-0.05, 0) is 104 Å². The van der Waals surface area contributed by atoms with Crippen molar-refractivity contribution in [1.29, 1.82) is 0 Å². The Morgan fingerprint density at radius 2 is 1.44 bits per heavy atom. The second-order valence-corrected chi connectivity index (χ2v) is 14.1. The van der Waals surface area contributed by atoms with Crippen molar-refractivity contribution in [3.05, 3.63) is 173 Å². The number of nitrogens with zero attached hydrogens (tertiary/aromatic N) is 1. The van der Waals surface area contributed by atoms with Gasteiger partial charge in [0, 0.05) is 54.3 Å². The van der Waals surface area contributed by atoms with Gasteiger partial charge in [-0.2, -0.15) is 0 Å². The molecule has 1 aliphatic carbocycles. The topological polar surface area (TPSA) is 16.4 Å². The Morgan fingerprint density at radius 3 is 2.29 bits per heavy atom. The van der Waals surface area contributed by atoms with Gasteiger partial charge in [-0.15, -0.1) is 11.3 Å². The standard InChI is InChI=1S/C45H35NOS/c1-29-12-11-15-32(24-29)45(31-13-5-3-6-14-31)33-20-22-40-39(26-33)44-30(2)25-36(28-41(44)47-40)46(34-16-7-4-8-17-34)35-21-23-43-38(27-35)37-18-9-10-19-42(37)48-43/h4-5,7-28,45H,3,6H2,1-2H3. The molecule has 1 unspecified atom stereocenters. The number of furan rings is 1. The van der Waals surface area contributed by atoms with Gasteiger partial charge in [-0.25, -0.2) is 0 Å². The maximum atomic E-state index is 6.66. The van der Waals surface area contributed by atoms with Crippen LogP contribution in [0.4, 0.5) is 17.1 Å². The average molecular weight is 638 g/mol. The summed E-state index contributed by atoms with van der Waals surface area (Å²) in [6.07, 6.45) is 9.23. The second kappa shape index (κ2) is 11.7. The van der Waals surface area contributed by atoms with Crippen molar-refractivity contribution in [2.45, 2.75) is 32.6 Å². The maximum Gasteiger partial charge on any atom is 0.137 e. The summed E-state index contributed by atoms with van der Waals surface area (Å²) in [6, 6.07) is 46.5. The van der Waals surface area contributed by atoms with Crippen LogP contribution in [-0.2, 0) is 0 Å². The van der Waals surface area contributed by atoms with Crippen LogP contribution in [0, 0.1) is 13.8 Å². The maximum absolute atomic E-state index is 6.66. The van der Waals surface area contributed by atoms with E-state index >= 15 is 0 Å². The molecule has 0 saturated heterocycles. The molecular weight excluding hydrogens is 603 g/mol. The summed E-state index contributed by atoms with van der Waals surface area (Å²) in [5, 5.41) is 4.94. The zero-order valence-electron chi connectivity index (χ0n) is 27.1. The van der Waals surface area contributed by atoms with Gasteiger partial charge < -0.3 is 9.32 Å². The third-order valence-corrected chi connectivity index (χ3v) is 10.9. The summed E-state index contributed by atoms with van der Waals surface area (Å²) >= 11 is 1.85. The Bertz CT molecular complexity index is 2550. The molecule has 2 aromatic heterocycles. The molecule has 3 heteroatoms. The zero-order chi connectivity index (χ0) is 32.2. The van der Waals surface area contributed by atoms with Crippen LogP contribution in [0.1, 0.15) is 41.0 Å². The summed E-state index contributed by atoms with van der Waals surface area (Å²) in [4.78, 5) is 2.35. The third-order valence-electron chi connectivity index (χ3n) is 9.73. The van der Waals surface area contributed by atoms with Crippen LogP contribution in [0.25, 0.3) is 42.1 Å². The molecule has 0 bridgehead atoms. The van der Waals surface area contributed by atoms with Gasteiger partial charge in [0.05, 0.1) is 5.69 Å². The SMILES string of the molecule is Cc1cccc(C(C2=CCCC=C2)c2ccc3oc4cc(N(c5ccccc5)c5ccc6sc7ccccc7c6c5)cc(C)c4c3c2)c1. The highest BCUT2D eigenvalue weighted by molar-refractivity contribution is 7.25. The lowest BCUT2D eigenvalue weighted by molar-refractivity contribution is 0.668. The van der Waals surface area contributed by atoms with Gasteiger partial charge in [0.1, 0.15) is 11.2 Å². The fourth-order valence-electron chi connectivity index (χ4n) is 7.57. The monoisotopic (exact) mass is 637 g/mol. The molecule has 232 valence electrons. The number of anilines is 3. The molecule has 6 aromatic carbocycles. The molecule has 0 amide bonds. The van der Waals surface area contributed by atoms with E-state index in [2.05, 4.69) is 164 Å². The summed E-state index contributed by atoms with van der Waals surface area (Å²) in [7, 11) is 0. The number of fused-ring (bicyclic) bond motifs is 6. The number of benzene rings is 6. The number of thiophene rings is 1. The normalized spacial score (nSPS) is 13.8. The lowest BCUT2D eigenvalue weighted by Crippen LogP contribution is -2.10. The van der Waals surface area contributed by atoms with Gasteiger partial charge in [0.2, 0.25) is 0 Å². The Balaban J connectivity index is 1.20.